The van der Waals surface area contributed by atoms with E-state index in [1.54, 1.807) is 18.2 Å². The van der Waals surface area contributed by atoms with Crippen molar-refractivity contribution in [2.75, 3.05) is 6.61 Å². The van der Waals surface area contributed by atoms with Crippen LogP contribution in [0, 0.1) is 6.92 Å². The Labute approximate surface area is 227 Å². The van der Waals surface area contributed by atoms with Gasteiger partial charge in [0.2, 0.25) is 0 Å². The van der Waals surface area contributed by atoms with Crippen molar-refractivity contribution in [2.45, 2.75) is 83.8 Å². The molecule has 1 fully saturated rings. The van der Waals surface area contributed by atoms with Crippen molar-refractivity contribution in [3.8, 4) is 5.75 Å². The third-order valence-electron chi connectivity index (χ3n) is 6.63. The van der Waals surface area contributed by atoms with Crippen molar-refractivity contribution in [3.63, 3.8) is 0 Å². The summed E-state index contributed by atoms with van der Waals surface area (Å²) in [7, 11) is 0. The molecule has 1 saturated heterocycles. The Morgan fingerprint density at radius 3 is 2.54 bits per heavy atom. The first-order valence-corrected chi connectivity index (χ1v) is 13.3. The number of ether oxygens (including phenoxy) is 1. The van der Waals surface area contributed by atoms with Gasteiger partial charge in [0, 0.05) is 39.7 Å². The summed E-state index contributed by atoms with van der Waals surface area (Å²) in [5.74, 6) is 0.733. The van der Waals surface area contributed by atoms with Crippen LogP contribution in [-0.4, -0.2) is 41.3 Å². The third kappa shape index (κ3) is 6.67. The molecule has 0 spiro atoms. The van der Waals surface area contributed by atoms with Crippen LogP contribution in [0.25, 0.3) is 0 Å². The molecular weight excluding hydrogens is 515 g/mol. The molecule has 0 radical (unpaired) electrons. The number of rotatable bonds is 6. The Morgan fingerprint density at radius 1 is 1.16 bits per heavy atom. The number of nitrogens with one attached hydrogen (secondary N) is 3. The standard InChI is InChI=1S/C27H34Cl2N4O4/c1-15-23-19(31-32-22(34)14-36-20-10-9-16(28)11-18(20)29)7-6-8-21(23)37-24(15)25(35)30-17-12-26(2,3)33-27(4,5)13-17/h9-11,17,33H,6-8,12-14H2,1-5H3,(H,30,35)(H,32,34)/b31-19+. The SMILES string of the molecule is Cc1c(C(=O)NC2CC(C)(C)NC(C)(C)C2)oc2c1/C(=N/NC(=O)COc1ccc(Cl)cc1Cl)CCC2. The van der Waals surface area contributed by atoms with Crippen molar-refractivity contribution in [2.24, 2.45) is 5.10 Å². The molecule has 1 aliphatic carbocycles. The Balaban J connectivity index is 1.43. The van der Waals surface area contributed by atoms with E-state index in [4.69, 9.17) is 32.4 Å². The fourth-order valence-electron chi connectivity index (χ4n) is 5.57. The van der Waals surface area contributed by atoms with E-state index in [1.807, 2.05) is 6.92 Å². The van der Waals surface area contributed by atoms with Crippen LogP contribution in [-0.2, 0) is 11.2 Å². The molecule has 2 aliphatic rings. The number of hydrazone groups is 1. The van der Waals surface area contributed by atoms with Crippen LogP contribution >= 0.6 is 23.2 Å². The molecule has 4 rings (SSSR count). The molecule has 0 atom stereocenters. The van der Waals surface area contributed by atoms with Crippen LogP contribution in [0.4, 0.5) is 0 Å². The van der Waals surface area contributed by atoms with Gasteiger partial charge in [0.25, 0.3) is 11.8 Å². The number of hydrogen-bond acceptors (Lipinski definition) is 6. The summed E-state index contributed by atoms with van der Waals surface area (Å²) in [6, 6.07) is 4.81. The molecule has 1 aliphatic heterocycles. The maximum Gasteiger partial charge on any atom is 0.287 e. The first kappa shape index (κ1) is 27.5. The number of halogens is 2. The number of fused-ring (bicyclic) bond motifs is 1. The molecule has 1 aromatic heterocycles. The van der Waals surface area contributed by atoms with Gasteiger partial charge in [-0.15, -0.1) is 0 Å². The van der Waals surface area contributed by atoms with Crippen LogP contribution in [0.1, 0.15) is 80.8 Å². The second kappa shape index (κ2) is 10.7. The lowest BCUT2D eigenvalue weighted by molar-refractivity contribution is -0.123. The summed E-state index contributed by atoms with van der Waals surface area (Å²) in [6.45, 7) is 10.2. The van der Waals surface area contributed by atoms with Crippen LogP contribution in [0.5, 0.6) is 5.75 Å². The van der Waals surface area contributed by atoms with Gasteiger partial charge in [-0.1, -0.05) is 23.2 Å². The highest BCUT2D eigenvalue weighted by Crippen LogP contribution is 2.32. The smallest absolute Gasteiger partial charge is 0.287 e. The summed E-state index contributed by atoms with van der Waals surface area (Å²) in [5, 5.41) is 12.0. The highest BCUT2D eigenvalue weighted by Gasteiger charge is 2.39. The lowest BCUT2D eigenvalue weighted by Crippen LogP contribution is -2.62. The normalized spacial score (nSPS) is 19.8. The maximum atomic E-state index is 13.2. The van der Waals surface area contributed by atoms with Gasteiger partial charge in [-0.25, -0.2) is 5.43 Å². The van der Waals surface area contributed by atoms with E-state index in [1.165, 1.54) is 0 Å². The molecule has 0 saturated carbocycles. The zero-order chi connectivity index (χ0) is 27.0. The van der Waals surface area contributed by atoms with E-state index in [0.717, 1.165) is 36.1 Å². The Bertz CT molecular complexity index is 1220. The third-order valence-corrected chi connectivity index (χ3v) is 7.16. The first-order valence-electron chi connectivity index (χ1n) is 12.5. The average molecular weight is 549 g/mol. The number of carbonyl (C=O) groups excluding carboxylic acids is 2. The van der Waals surface area contributed by atoms with Crippen molar-refractivity contribution in [3.05, 3.63) is 50.9 Å². The van der Waals surface area contributed by atoms with Crippen LogP contribution in [0.3, 0.4) is 0 Å². The molecule has 0 unspecified atom stereocenters. The first-order chi connectivity index (χ1) is 17.3. The lowest BCUT2D eigenvalue weighted by atomic mass is 9.79. The largest absolute Gasteiger partial charge is 0.482 e. The van der Waals surface area contributed by atoms with Gasteiger partial charge in [0.05, 0.1) is 10.7 Å². The Morgan fingerprint density at radius 2 is 1.86 bits per heavy atom. The summed E-state index contributed by atoms with van der Waals surface area (Å²) < 4.78 is 11.5. The van der Waals surface area contributed by atoms with Gasteiger partial charge in [-0.3, -0.25) is 9.59 Å². The minimum atomic E-state index is -0.430. The summed E-state index contributed by atoms with van der Waals surface area (Å²) in [5.41, 5.74) is 4.59. The van der Waals surface area contributed by atoms with Gasteiger partial charge in [0.1, 0.15) is 11.5 Å². The predicted octanol–water partition coefficient (Wildman–Crippen LogP) is 5.17. The number of nitrogens with zero attached hydrogens (tertiary/aromatic N) is 1. The van der Waals surface area contributed by atoms with E-state index in [9.17, 15) is 9.59 Å². The topological polar surface area (TPSA) is 105 Å². The van der Waals surface area contributed by atoms with Crippen LogP contribution in [0.2, 0.25) is 10.0 Å². The molecule has 2 amide bonds. The quantitative estimate of drug-likeness (QED) is 0.432. The van der Waals surface area contributed by atoms with Crippen LogP contribution in [0.15, 0.2) is 27.7 Å². The Hall–Kier alpha value is -2.55. The van der Waals surface area contributed by atoms with E-state index < -0.39 is 5.91 Å². The second-order valence-electron chi connectivity index (χ2n) is 11.1. The number of furan rings is 1. The minimum absolute atomic E-state index is 0.0295. The molecule has 1 aromatic carbocycles. The second-order valence-corrected chi connectivity index (χ2v) is 12.0. The van der Waals surface area contributed by atoms with E-state index in [0.29, 0.717) is 40.1 Å². The monoisotopic (exact) mass is 548 g/mol. The molecule has 37 heavy (non-hydrogen) atoms. The Kier molecular flexibility index (Phi) is 7.93. The fourth-order valence-corrected chi connectivity index (χ4v) is 6.03. The van der Waals surface area contributed by atoms with Crippen molar-refractivity contribution < 1.29 is 18.7 Å². The van der Waals surface area contributed by atoms with Crippen molar-refractivity contribution in [1.82, 2.24) is 16.1 Å². The summed E-state index contributed by atoms with van der Waals surface area (Å²) >= 11 is 12.0. The van der Waals surface area contributed by atoms with Gasteiger partial charge in [0.15, 0.2) is 12.4 Å². The summed E-state index contributed by atoms with van der Waals surface area (Å²) in [4.78, 5) is 25.6. The zero-order valence-electron chi connectivity index (χ0n) is 21.9. The molecule has 2 aromatic rings. The van der Waals surface area contributed by atoms with Gasteiger partial charge >= 0.3 is 0 Å². The fraction of sp³-hybridized carbons (Fsp3) is 0.519. The molecule has 200 valence electrons. The number of carbonyl (C=O) groups is 2. The number of piperidine rings is 1. The average Bonchev–Trinajstić information content (AvgIpc) is 3.12. The highest BCUT2D eigenvalue weighted by molar-refractivity contribution is 6.35. The van der Waals surface area contributed by atoms with E-state index >= 15 is 0 Å². The number of amides is 2. The van der Waals surface area contributed by atoms with Gasteiger partial charge in [-0.2, -0.15) is 5.10 Å². The van der Waals surface area contributed by atoms with Crippen molar-refractivity contribution >= 4 is 40.7 Å². The molecular formula is C27H34Cl2N4O4. The molecule has 2 heterocycles. The highest BCUT2D eigenvalue weighted by atomic mass is 35.5. The number of aryl methyl sites for hydroxylation is 1. The summed E-state index contributed by atoms with van der Waals surface area (Å²) in [6.07, 6.45) is 3.83. The lowest BCUT2D eigenvalue weighted by Gasteiger charge is -2.46. The maximum absolute atomic E-state index is 13.2. The zero-order valence-corrected chi connectivity index (χ0v) is 23.4. The van der Waals surface area contributed by atoms with Crippen LogP contribution < -0.4 is 20.8 Å². The van der Waals surface area contributed by atoms with Gasteiger partial charge in [-0.05, 0) is 78.5 Å². The molecule has 0 bridgehead atoms. The van der Waals surface area contributed by atoms with E-state index in [-0.39, 0.29) is 29.6 Å². The molecule has 8 nitrogen and oxygen atoms in total. The number of hydrogen-bond donors (Lipinski definition) is 3. The number of benzene rings is 1. The predicted molar refractivity (Wildman–Crippen MR) is 145 cm³/mol. The minimum Gasteiger partial charge on any atom is -0.482 e. The van der Waals surface area contributed by atoms with E-state index in [2.05, 4.69) is 48.9 Å². The van der Waals surface area contributed by atoms with Crippen molar-refractivity contribution in [1.29, 1.82) is 0 Å². The van der Waals surface area contributed by atoms with Gasteiger partial charge < -0.3 is 19.8 Å². The molecule has 10 heteroatoms. The molecule has 3 N–H and O–H groups in total.